The van der Waals surface area contributed by atoms with E-state index in [-0.39, 0.29) is 11.1 Å². The molecular weight excluding hydrogens is 366 g/mol. The molecule has 3 aromatic rings. The second kappa shape index (κ2) is 8.09. The predicted octanol–water partition coefficient (Wildman–Crippen LogP) is 3.64. The van der Waals surface area contributed by atoms with E-state index in [0.717, 1.165) is 11.1 Å². The number of carbonyl (C=O) groups is 1. The van der Waals surface area contributed by atoms with Crippen LogP contribution in [0.1, 0.15) is 17.3 Å². The van der Waals surface area contributed by atoms with Gasteiger partial charge >= 0.3 is 0 Å². The molecular formula is C19H20ClN5O2. The molecule has 0 saturated carbocycles. The zero-order chi connectivity index (χ0) is 19.4. The fraction of sp³-hybridized carbons (Fsp3) is 0.211. The summed E-state index contributed by atoms with van der Waals surface area (Å²) in [6.45, 7) is 2.37. The Bertz CT molecular complexity index is 970. The fourth-order valence-corrected chi connectivity index (χ4v) is 2.92. The summed E-state index contributed by atoms with van der Waals surface area (Å²) in [6.07, 6.45) is 5.13. The van der Waals surface area contributed by atoms with Crippen LogP contribution in [0.25, 0.3) is 11.1 Å². The first-order valence-electron chi connectivity index (χ1n) is 8.40. The Hall–Kier alpha value is -3.06. The number of pyridine rings is 1. The topological polar surface area (TPSA) is 81.1 Å². The normalized spacial score (nSPS) is 10.5. The lowest BCUT2D eigenvalue weighted by Crippen LogP contribution is -2.23. The number of methoxy groups -OCH3 is 1. The van der Waals surface area contributed by atoms with Crippen molar-refractivity contribution in [1.82, 2.24) is 20.1 Å². The van der Waals surface area contributed by atoms with Crippen molar-refractivity contribution in [2.75, 3.05) is 19.0 Å². The van der Waals surface area contributed by atoms with Gasteiger partial charge in [-0.3, -0.25) is 9.48 Å². The van der Waals surface area contributed by atoms with E-state index in [1.54, 1.807) is 24.1 Å². The lowest BCUT2D eigenvalue weighted by Gasteiger charge is -2.16. The van der Waals surface area contributed by atoms with E-state index in [2.05, 4.69) is 20.7 Å². The summed E-state index contributed by atoms with van der Waals surface area (Å²) in [4.78, 5) is 16.4. The number of carbonyl (C=O) groups excluding carboxylic acids is 1. The highest BCUT2D eigenvalue weighted by Gasteiger charge is 2.16. The predicted molar refractivity (Wildman–Crippen MR) is 106 cm³/mol. The van der Waals surface area contributed by atoms with Crippen LogP contribution in [0.2, 0.25) is 5.15 Å². The second-order valence-corrected chi connectivity index (χ2v) is 6.21. The summed E-state index contributed by atoms with van der Waals surface area (Å²) in [5.74, 6) is 0.409. The van der Waals surface area contributed by atoms with Crippen LogP contribution < -0.4 is 15.4 Å². The zero-order valence-electron chi connectivity index (χ0n) is 15.3. The first-order chi connectivity index (χ1) is 13.0. The van der Waals surface area contributed by atoms with Crippen LogP contribution >= 0.6 is 11.6 Å². The molecule has 3 rings (SSSR count). The molecule has 0 radical (unpaired) electrons. The summed E-state index contributed by atoms with van der Waals surface area (Å²) in [7, 11) is 3.46. The number of anilines is 2. The van der Waals surface area contributed by atoms with Crippen LogP contribution in [0, 0.1) is 0 Å². The average molecular weight is 386 g/mol. The van der Waals surface area contributed by atoms with Crippen molar-refractivity contribution in [2.45, 2.75) is 6.92 Å². The number of halogens is 1. The number of nitrogens with one attached hydrogen (secondary N) is 2. The van der Waals surface area contributed by atoms with Gasteiger partial charge in [0.25, 0.3) is 5.91 Å². The standard InChI is InChI=1S/C19H20ClN5O2/c1-4-21-19(26)14-10-22-17(20)8-16(14)24-15-7-5-6-13(18(15)27-3)12-9-23-25(2)11-12/h5-11H,4H2,1-3H3,(H,21,26)(H,22,24). The molecule has 0 aliphatic heterocycles. The Balaban J connectivity index is 2.04. The molecule has 2 N–H and O–H groups in total. The van der Waals surface area contributed by atoms with Gasteiger partial charge in [0, 0.05) is 37.1 Å². The molecule has 0 bridgehead atoms. The van der Waals surface area contributed by atoms with E-state index in [1.165, 1.54) is 6.20 Å². The maximum atomic E-state index is 12.3. The summed E-state index contributed by atoms with van der Waals surface area (Å²) in [5.41, 5.74) is 3.45. The molecule has 0 saturated heterocycles. The van der Waals surface area contributed by atoms with Gasteiger partial charge < -0.3 is 15.4 Å². The van der Waals surface area contributed by atoms with Gasteiger partial charge in [-0.25, -0.2) is 4.98 Å². The molecule has 8 heteroatoms. The van der Waals surface area contributed by atoms with E-state index in [1.807, 2.05) is 38.4 Å². The highest BCUT2D eigenvalue weighted by Crippen LogP contribution is 2.38. The van der Waals surface area contributed by atoms with Gasteiger partial charge in [0.1, 0.15) is 10.9 Å². The molecule has 0 aliphatic carbocycles. The average Bonchev–Trinajstić information content (AvgIpc) is 3.08. The van der Waals surface area contributed by atoms with Gasteiger partial charge in [0.2, 0.25) is 0 Å². The van der Waals surface area contributed by atoms with Gasteiger partial charge in [0.05, 0.1) is 30.2 Å². The van der Waals surface area contributed by atoms with Crippen LogP contribution in [-0.2, 0) is 7.05 Å². The number of benzene rings is 1. The molecule has 140 valence electrons. The maximum absolute atomic E-state index is 12.3. The first kappa shape index (κ1) is 18.7. The van der Waals surface area contributed by atoms with Gasteiger partial charge in [-0.2, -0.15) is 5.10 Å². The number of rotatable bonds is 6. The maximum Gasteiger partial charge on any atom is 0.254 e. The summed E-state index contributed by atoms with van der Waals surface area (Å²) in [6, 6.07) is 7.34. The quantitative estimate of drug-likeness (QED) is 0.633. The molecule has 1 aromatic carbocycles. The monoisotopic (exact) mass is 385 g/mol. The third-order valence-electron chi connectivity index (χ3n) is 3.96. The van der Waals surface area contributed by atoms with E-state index < -0.39 is 0 Å². The van der Waals surface area contributed by atoms with Gasteiger partial charge in [-0.05, 0) is 19.1 Å². The molecule has 27 heavy (non-hydrogen) atoms. The highest BCUT2D eigenvalue weighted by molar-refractivity contribution is 6.29. The van der Waals surface area contributed by atoms with Crippen LogP contribution in [0.5, 0.6) is 5.75 Å². The third-order valence-corrected chi connectivity index (χ3v) is 4.16. The molecule has 2 heterocycles. The summed E-state index contributed by atoms with van der Waals surface area (Å²) in [5, 5.41) is 10.5. The van der Waals surface area contributed by atoms with E-state index in [9.17, 15) is 4.79 Å². The SMILES string of the molecule is CCNC(=O)c1cnc(Cl)cc1Nc1cccc(-c2cnn(C)c2)c1OC. The number of hydrogen-bond donors (Lipinski definition) is 2. The first-order valence-corrected chi connectivity index (χ1v) is 8.78. The molecule has 0 unspecified atom stereocenters. The van der Waals surface area contributed by atoms with Crippen molar-refractivity contribution < 1.29 is 9.53 Å². The highest BCUT2D eigenvalue weighted by atomic mass is 35.5. The largest absolute Gasteiger partial charge is 0.494 e. The number of amides is 1. The van der Waals surface area contributed by atoms with Crippen LogP contribution in [-0.4, -0.2) is 34.3 Å². The molecule has 7 nitrogen and oxygen atoms in total. The molecule has 0 spiro atoms. The number of aryl methyl sites for hydroxylation is 1. The minimum absolute atomic E-state index is 0.230. The molecule has 0 atom stereocenters. The minimum atomic E-state index is -0.230. The van der Waals surface area contributed by atoms with Crippen molar-refractivity contribution in [3.63, 3.8) is 0 Å². The molecule has 0 aliphatic rings. The van der Waals surface area contributed by atoms with Gasteiger partial charge in [-0.15, -0.1) is 0 Å². The molecule has 2 aromatic heterocycles. The van der Waals surface area contributed by atoms with Crippen LogP contribution in [0.4, 0.5) is 11.4 Å². The van der Waals surface area contributed by atoms with Crippen LogP contribution in [0.3, 0.4) is 0 Å². The van der Waals surface area contributed by atoms with Gasteiger partial charge in [-0.1, -0.05) is 23.7 Å². The number of ether oxygens (including phenoxy) is 1. The van der Waals surface area contributed by atoms with Crippen molar-refractivity contribution in [1.29, 1.82) is 0 Å². The number of hydrogen-bond acceptors (Lipinski definition) is 5. The van der Waals surface area contributed by atoms with Crippen molar-refractivity contribution in [3.05, 3.63) is 53.6 Å². The third kappa shape index (κ3) is 4.03. The Morgan fingerprint density at radius 3 is 2.78 bits per heavy atom. The Labute approximate surface area is 162 Å². The lowest BCUT2D eigenvalue weighted by molar-refractivity contribution is 0.0956. The fourth-order valence-electron chi connectivity index (χ4n) is 2.76. The van der Waals surface area contributed by atoms with Crippen molar-refractivity contribution >= 4 is 28.9 Å². The van der Waals surface area contributed by atoms with Crippen molar-refractivity contribution in [2.24, 2.45) is 7.05 Å². The smallest absolute Gasteiger partial charge is 0.254 e. The number of aromatic nitrogens is 3. The molecule has 1 amide bonds. The van der Waals surface area contributed by atoms with E-state index in [4.69, 9.17) is 16.3 Å². The summed E-state index contributed by atoms with van der Waals surface area (Å²) < 4.78 is 7.37. The van der Waals surface area contributed by atoms with E-state index >= 15 is 0 Å². The Morgan fingerprint density at radius 2 is 2.11 bits per heavy atom. The van der Waals surface area contributed by atoms with Crippen molar-refractivity contribution in [3.8, 4) is 16.9 Å². The zero-order valence-corrected chi connectivity index (χ0v) is 16.0. The number of para-hydroxylation sites is 1. The molecule has 0 fully saturated rings. The number of nitrogens with zero attached hydrogens (tertiary/aromatic N) is 3. The van der Waals surface area contributed by atoms with Gasteiger partial charge in [0.15, 0.2) is 0 Å². The Morgan fingerprint density at radius 1 is 1.30 bits per heavy atom. The summed E-state index contributed by atoms with van der Waals surface area (Å²) >= 11 is 6.04. The van der Waals surface area contributed by atoms with Crippen LogP contribution in [0.15, 0.2) is 42.9 Å². The lowest BCUT2D eigenvalue weighted by atomic mass is 10.1. The minimum Gasteiger partial charge on any atom is -0.494 e. The second-order valence-electron chi connectivity index (χ2n) is 5.83. The Kier molecular flexibility index (Phi) is 5.61. The van der Waals surface area contributed by atoms with E-state index in [0.29, 0.717) is 29.2 Å².